The van der Waals surface area contributed by atoms with Gasteiger partial charge in [-0.15, -0.1) is 0 Å². The van der Waals surface area contributed by atoms with Gasteiger partial charge in [-0.1, -0.05) is 22.0 Å². The third-order valence-electron chi connectivity index (χ3n) is 2.97. The lowest BCUT2D eigenvalue weighted by molar-refractivity contribution is -0.115. The van der Waals surface area contributed by atoms with Crippen molar-refractivity contribution >= 4 is 33.4 Å². The van der Waals surface area contributed by atoms with Gasteiger partial charge < -0.3 is 10.6 Å². The van der Waals surface area contributed by atoms with E-state index in [2.05, 4.69) is 26.6 Å². The lowest BCUT2D eigenvalue weighted by Crippen LogP contribution is -2.32. The van der Waals surface area contributed by atoms with Crippen molar-refractivity contribution in [2.75, 3.05) is 11.9 Å². The predicted octanol–water partition coefficient (Wildman–Crippen LogP) is 3.27. The molecule has 2 amide bonds. The minimum atomic E-state index is -0.422. The number of carbonyl (C=O) groups is 2. The fourth-order valence-corrected chi connectivity index (χ4v) is 2.00. The van der Waals surface area contributed by atoms with Gasteiger partial charge in [-0.25, -0.2) is 4.39 Å². The number of amides is 2. The van der Waals surface area contributed by atoms with Gasteiger partial charge in [0.15, 0.2) is 0 Å². The number of hydrogen-bond donors (Lipinski definition) is 2. The van der Waals surface area contributed by atoms with E-state index in [9.17, 15) is 14.0 Å². The molecule has 6 heteroatoms. The van der Waals surface area contributed by atoms with Crippen LogP contribution in [0.25, 0.3) is 0 Å². The zero-order valence-corrected chi connectivity index (χ0v) is 13.4. The number of nitrogens with one attached hydrogen (secondary N) is 2. The van der Waals surface area contributed by atoms with Gasteiger partial charge in [-0.3, -0.25) is 9.59 Å². The fraction of sp³-hybridized carbons (Fsp3) is 0.125. The molecule has 0 aliphatic heterocycles. The molecule has 0 unspecified atom stereocenters. The summed E-state index contributed by atoms with van der Waals surface area (Å²) in [5, 5.41) is 5.03. The first kappa shape index (κ1) is 16.2. The molecule has 2 aromatic carbocycles. The van der Waals surface area contributed by atoms with Crippen LogP contribution in [0.15, 0.2) is 46.9 Å². The van der Waals surface area contributed by atoms with Crippen LogP contribution in [0.5, 0.6) is 0 Å². The molecule has 0 saturated heterocycles. The molecule has 22 heavy (non-hydrogen) atoms. The molecule has 0 aliphatic rings. The second kappa shape index (κ2) is 7.17. The highest BCUT2D eigenvalue weighted by molar-refractivity contribution is 9.10. The summed E-state index contributed by atoms with van der Waals surface area (Å²) in [6.07, 6.45) is 0. The minimum Gasteiger partial charge on any atom is -0.343 e. The number of rotatable bonds is 4. The zero-order valence-electron chi connectivity index (χ0n) is 11.8. The van der Waals surface area contributed by atoms with Crippen LogP contribution in [-0.4, -0.2) is 18.4 Å². The van der Waals surface area contributed by atoms with E-state index in [1.807, 2.05) is 0 Å². The van der Waals surface area contributed by atoms with Crippen LogP contribution < -0.4 is 10.6 Å². The summed E-state index contributed by atoms with van der Waals surface area (Å²) >= 11 is 3.28. The van der Waals surface area contributed by atoms with E-state index < -0.39 is 11.7 Å². The summed E-state index contributed by atoms with van der Waals surface area (Å²) in [7, 11) is 0. The molecule has 4 nitrogen and oxygen atoms in total. The number of benzene rings is 2. The molecule has 0 fully saturated rings. The van der Waals surface area contributed by atoms with Gasteiger partial charge in [0.05, 0.1) is 6.54 Å². The molecule has 0 bridgehead atoms. The zero-order chi connectivity index (χ0) is 16.1. The number of anilines is 1. The van der Waals surface area contributed by atoms with Crippen LogP contribution in [0, 0.1) is 12.7 Å². The van der Waals surface area contributed by atoms with Crippen molar-refractivity contribution in [1.82, 2.24) is 5.32 Å². The van der Waals surface area contributed by atoms with E-state index in [1.165, 1.54) is 6.07 Å². The molecule has 114 valence electrons. The smallest absolute Gasteiger partial charge is 0.251 e. The van der Waals surface area contributed by atoms with Crippen LogP contribution in [0.2, 0.25) is 0 Å². The highest BCUT2D eigenvalue weighted by Gasteiger charge is 2.09. The van der Waals surface area contributed by atoms with Crippen molar-refractivity contribution in [2.24, 2.45) is 0 Å². The average molecular weight is 365 g/mol. The highest BCUT2D eigenvalue weighted by Crippen LogP contribution is 2.13. The average Bonchev–Trinajstić information content (AvgIpc) is 2.49. The Balaban J connectivity index is 1.88. The van der Waals surface area contributed by atoms with Crippen molar-refractivity contribution < 1.29 is 14.0 Å². The molecule has 0 spiro atoms. The van der Waals surface area contributed by atoms with Gasteiger partial charge >= 0.3 is 0 Å². The van der Waals surface area contributed by atoms with E-state index in [1.54, 1.807) is 43.3 Å². The molecular weight excluding hydrogens is 351 g/mol. The topological polar surface area (TPSA) is 58.2 Å². The summed E-state index contributed by atoms with van der Waals surface area (Å²) in [6.45, 7) is 1.45. The Bertz CT molecular complexity index is 702. The van der Waals surface area contributed by atoms with E-state index in [-0.39, 0.29) is 12.5 Å². The Morgan fingerprint density at radius 3 is 2.45 bits per heavy atom. The Hall–Kier alpha value is -2.21. The maximum atomic E-state index is 13.4. The maximum Gasteiger partial charge on any atom is 0.251 e. The van der Waals surface area contributed by atoms with Crippen molar-refractivity contribution in [1.29, 1.82) is 0 Å². The largest absolute Gasteiger partial charge is 0.343 e. The van der Waals surface area contributed by atoms with Crippen LogP contribution in [0.1, 0.15) is 15.9 Å². The van der Waals surface area contributed by atoms with Crippen molar-refractivity contribution in [2.45, 2.75) is 6.92 Å². The van der Waals surface area contributed by atoms with E-state index in [4.69, 9.17) is 0 Å². The first-order valence-electron chi connectivity index (χ1n) is 6.55. The van der Waals surface area contributed by atoms with Crippen molar-refractivity contribution in [3.8, 4) is 0 Å². The second-order valence-corrected chi connectivity index (χ2v) is 5.62. The second-order valence-electron chi connectivity index (χ2n) is 4.70. The standard InChI is InChI=1S/C16H14BrFN2O2/c1-10-2-7-13(8-14(10)18)20-15(21)9-19-16(22)11-3-5-12(17)6-4-11/h2-8H,9H2,1H3,(H,19,22)(H,20,21). The molecule has 2 N–H and O–H groups in total. The van der Waals surface area contributed by atoms with Crippen LogP contribution in [0.4, 0.5) is 10.1 Å². The van der Waals surface area contributed by atoms with E-state index in [0.717, 1.165) is 4.47 Å². The van der Waals surface area contributed by atoms with Crippen molar-refractivity contribution in [3.05, 3.63) is 63.9 Å². The lowest BCUT2D eigenvalue weighted by atomic mass is 10.2. The molecule has 0 aromatic heterocycles. The van der Waals surface area contributed by atoms with Crippen LogP contribution in [-0.2, 0) is 4.79 Å². The van der Waals surface area contributed by atoms with Gasteiger partial charge in [0.1, 0.15) is 5.82 Å². The van der Waals surface area contributed by atoms with Gasteiger partial charge in [-0.05, 0) is 48.9 Å². The fourth-order valence-electron chi connectivity index (χ4n) is 1.74. The molecular formula is C16H14BrFN2O2. The molecule has 0 saturated carbocycles. The number of aryl methyl sites for hydroxylation is 1. The third kappa shape index (κ3) is 4.39. The molecule has 0 radical (unpaired) electrons. The predicted molar refractivity (Wildman–Crippen MR) is 86.2 cm³/mol. The molecule has 0 atom stereocenters. The number of halogens is 2. The van der Waals surface area contributed by atoms with Gasteiger partial charge in [0, 0.05) is 15.7 Å². The van der Waals surface area contributed by atoms with Crippen molar-refractivity contribution in [3.63, 3.8) is 0 Å². The molecule has 0 aliphatic carbocycles. The van der Waals surface area contributed by atoms with Crippen LogP contribution >= 0.6 is 15.9 Å². The first-order chi connectivity index (χ1) is 10.5. The Morgan fingerprint density at radius 1 is 1.14 bits per heavy atom. The summed E-state index contributed by atoms with van der Waals surface area (Å²) < 4.78 is 14.2. The maximum absolute atomic E-state index is 13.4. The highest BCUT2D eigenvalue weighted by atomic mass is 79.9. The van der Waals surface area contributed by atoms with Gasteiger partial charge in [-0.2, -0.15) is 0 Å². The summed E-state index contributed by atoms with van der Waals surface area (Å²) in [5.41, 5.74) is 1.31. The Kier molecular flexibility index (Phi) is 5.27. The number of carbonyl (C=O) groups excluding carboxylic acids is 2. The van der Waals surface area contributed by atoms with Crippen LogP contribution in [0.3, 0.4) is 0 Å². The molecule has 2 aromatic rings. The molecule has 2 rings (SSSR count). The number of hydrogen-bond acceptors (Lipinski definition) is 2. The Labute approximate surface area is 135 Å². The first-order valence-corrected chi connectivity index (χ1v) is 7.35. The quantitative estimate of drug-likeness (QED) is 0.874. The van der Waals surface area contributed by atoms with E-state index in [0.29, 0.717) is 16.8 Å². The lowest BCUT2D eigenvalue weighted by Gasteiger charge is -2.08. The normalized spacial score (nSPS) is 10.1. The third-order valence-corrected chi connectivity index (χ3v) is 3.50. The van der Waals surface area contributed by atoms with E-state index >= 15 is 0 Å². The monoisotopic (exact) mass is 364 g/mol. The Morgan fingerprint density at radius 2 is 1.82 bits per heavy atom. The minimum absolute atomic E-state index is 0.190. The SMILES string of the molecule is Cc1ccc(NC(=O)CNC(=O)c2ccc(Br)cc2)cc1F. The summed E-state index contributed by atoms with van der Waals surface area (Å²) in [5.74, 6) is -1.16. The summed E-state index contributed by atoms with van der Waals surface area (Å²) in [4.78, 5) is 23.6. The van der Waals surface area contributed by atoms with Gasteiger partial charge in [0.2, 0.25) is 5.91 Å². The molecule has 0 heterocycles. The van der Waals surface area contributed by atoms with Gasteiger partial charge in [0.25, 0.3) is 5.91 Å². The summed E-state index contributed by atoms with van der Waals surface area (Å²) in [6, 6.07) is 11.2.